The molecule has 0 aliphatic rings. The van der Waals surface area contributed by atoms with Crippen molar-refractivity contribution in [3.8, 4) is 28.6 Å². The molecule has 0 aliphatic heterocycles. The Morgan fingerprint density at radius 2 is 1.67 bits per heavy atom. The fourth-order valence-electron chi connectivity index (χ4n) is 3.03. The number of hydrogen-bond donors (Lipinski definition) is 0. The first kappa shape index (κ1) is 21.2. The number of carbonyl (C=O) groups excluding carboxylic acids is 1. The van der Waals surface area contributed by atoms with Crippen molar-refractivity contribution in [1.29, 1.82) is 0 Å². The molecule has 0 N–H and O–H groups in total. The van der Waals surface area contributed by atoms with Crippen molar-refractivity contribution in [3.63, 3.8) is 0 Å². The Labute approximate surface area is 175 Å². The van der Waals surface area contributed by atoms with Gasteiger partial charge >= 0.3 is 0 Å². The molecule has 8 heteroatoms. The Bertz CT molecular complexity index is 976. The molecule has 8 nitrogen and oxygen atoms in total. The number of carbonyl (C=O) groups is 1. The predicted molar refractivity (Wildman–Crippen MR) is 111 cm³/mol. The highest BCUT2D eigenvalue weighted by Gasteiger charge is 2.25. The van der Waals surface area contributed by atoms with Crippen molar-refractivity contribution in [1.82, 2.24) is 15.0 Å². The smallest absolute Gasteiger partial charge is 0.254 e. The SMILES string of the molecule is COc1cc(C(=O)N(Cc2nc(-c3ccccc3)no2)C(C)C)cc(OC)c1OC. The van der Waals surface area contributed by atoms with E-state index in [0.717, 1.165) is 5.56 Å². The fraction of sp³-hybridized carbons (Fsp3) is 0.318. The van der Waals surface area contributed by atoms with Crippen LogP contribution in [0.4, 0.5) is 0 Å². The van der Waals surface area contributed by atoms with Gasteiger partial charge in [-0.25, -0.2) is 0 Å². The van der Waals surface area contributed by atoms with Crippen LogP contribution in [0, 0.1) is 0 Å². The minimum atomic E-state index is -0.219. The summed E-state index contributed by atoms with van der Waals surface area (Å²) in [5.74, 6) is 1.86. The van der Waals surface area contributed by atoms with Gasteiger partial charge in [-0.1, -0.05) is 35.5 Å². The van der Waals surface area contributed by atoms with E-state index >= 15 is 0 Å². The number of nitrogens with zero attached hydrogens (tertiary/aromatic N) is 3. The Morgan fingerprint density at radius 3 is 2.20 bits per heavy atom. The van der Waals surface area contributed by atoms with Crippen molar-refractivity contribution in [2.24, 2.45) is 0 Å². The second-order valence-corrected chi connectivity index (χ2v) is 6.82. The third-order valence-corrected chi connectivity index (χ3v) is 4.60. The summed E-state index contributed by atoms with van der Waals surface area (Å²) >= 11 is 0. The van der Waals surface area contributed by atoms with Crippen LogP contribution >= 0.6 is 0 Å². The van der Waals surface area contributed by atoms with Gasteiger partial charge in [-0.3, -0.25) is 4.79 Å². The second-order valence-electron chi connectivity index (χ2n) is 6.82. The number of amides is 1. The zero-order valence-electron chi connectivity index (χ0n) is 17.7. The molecular weight excluding hydrogens is 386 g/mol. The number of aromatic nitrogens is 2. The molecule has 0 aliphatic carbocycles. The van der Waals surface area contributed by atoms with E-state index in [1.165, 1.54) is 21.3 Å². The molecule has 0 saturated carbocycles. The summed E-state index contributed by atoms with van der Waals surface area (Å²) in [5.41, 5.74) is 1.25. The zero-order chi connectivity index (χ0) is 21.7. The maximum atomic E-state index is 13.3. The largest absolute Gasteiger partial charge is 0.493 e. The lowest BCUT2D eigenvalue weighted by atomic mass is 10.1. The lowest BCUT2D eigenvalue weighted by molar-refractivity contribution is 0.0666. The maximum Gasteiger partial charge on any atom is 0.254 e. The van der Waals surface area contributed by atoms with Gasteiger partial charge in [0.25, 0.3) is 5.91 Å². The fourth-order valence-corrected chi connectivity index (χ4v) is 3.03. The van der Waals surface area contributed by atoms with Gasteiger partial charge in [0.15, 0.2) is 11.5 Å². The van der Waals surface area contributed by atoms with E-state index in [1.54, 1.807) is 17.0 Å². The average Bonchev–Trinajstić information content (AvgIpc) is 3.25. The van der Waals surface area contributed by atoms with Gasteiger partial charge in [-0.15, -0.1) is 0 Å². The number of methoxy groups -OCH3 is 3. The molecule has 0 saturated heterocycles. The summed E-state index contributed by atoms with van der Waals surface area (Å²) in [7, 11) is 4.53. The van der Waals surface area contributed by atoms with Gasteiger partial charge in [-0.05, 0) is 26.0 Å². The van der Waals surface area contributed by atoms with Gasteiger partial charge in [0.05, 0.1) is 21.3 Å². The highest BCUT2D eigenvalue weighted by atomic mass is 16.5. The summed E-state index contributed by atoms with van der Waals surface area (Å²) < 4.78 is 21.4. The van der Waals surface area contributed by atoms with Crippen molar-refractivity contribution in [2.75, 3.05) is 21.3 Å². The molecule has 0 unspecified atom stereocenters. The third-order valence-electron chi connectivity index (χ3n) is 4.60. The summed E-state index contributed by atoms with van der Waals surface area (Å²) in [4.78, 5) is 19.4. The summed E-state index contributed by atoms with van der Waals surface area (Å²) in [5, 5.41) is 4.03. The minimum Gasteiger partial charge on any atom is -0.493 e. The minimum absolute atomic E-state index is 0.108. The first-order chi connectivity index (χ1) is 14.5. The molecule has 0 spiro atoms. The first-order valence-corrected chi connectivity index (χ1v) is 9.47. The van der Waals surface area contributed by atoms with E-state index < -0.39 is 0 Å². The molecular formula is C22H25N3O5. The average molecular weight is 411 g/mol. The molecule has 0 atom stereocenters. The van der Waals surface area contributed by atoms with Gasteiger partial charge < -0.3 is 23.6 Å². The Morgan fingerprint density at radius 1 is 1.03 bits per heavy atom. The zero-order valence-corrected chi connectivity index (χ0v) is 17.7. The second kappa shape index (κ2) is 9.30. The molecule has 1 heterocycles. The normalized spacial score (nSPS) is 10.7. The van der Waals surface area contributed by atoms with Gasteiger partial charge in [0, 0.05) is 17.2 Å². The predicted octanol–water partition coefficient (Wildman–Crippen LogP) is 3.81. The molecule has 30 heavy (non-hydrogen) atoms. The highest BCUT2D eigenvalue weighted by molar-refractivity contribution is 5.95. The van der Waals surface area contributed by atoms with Crippen molar-refractivity contribution < 1.29 is 23.5 Å². The number of hydrogen-bond acceptors (Lipinski definition) is 7. The topological polar surface area (TPSA) is 86.9 Å². The monoisotopic (exact) mass is 411 g/mol. The Balaban J connectivity index is 1.88. The van der Waals surface area contributed by atoms with Crippen LogP contribution < -0.4 is 14.2 Å². The van der Waals surface area contributed by atoms with Crippen LogP contribution in [0.1, 0.15) is 30.1 Å². The van der Waals surface area contributed by atoms with Crippen LogP contribution in [0.5, 0.6) is 17.2 Å². The highest BCUT2D eigenvalue weighted by Crippen LogP contribution is 2.38. The van der Waals surface area contributed by atoms with Crippen LogP contribution in [-0.2, 0) is 6.54 Å². The van der Waals surface area contributed by atoms with Gasteiger partial charge in [0.2, 0.25) is 17.5 Å². The molecule has 1 aromatic heterocycles. The van der Waals surface area contributed by atoms with Gasteiger partial charge in [0.1, 0.15) is 6.54 Å². The number of ether oxygens (including phenoxy) is 3. The molecule has 3 rings (SSSR count). The van der Waals surface area contributed by atoms with E-state index in [9.17, 15) is 4.79 Å². The molecule has 1 amide bonds. The first-order valence-electron chi connectivity index (χ1n) is 9.47. The summed E-state index contributed by atoms with van der Waals surface area (Å²) in [6.45, 7) is 4.02. The Kier molecular flexibility index (Phi) is 6.56. The van der Waals surface area contributed by atoms with E-state index in [1.807, 2.05) is 44.2 Å². The standard InChI is InChI=1S/C22H25N3O5/c1-14(2)25(13-19-23-21(24-30-19)15-9-7-6-8-10-15)22(26)16-11-17(27-3)20(29-5)18(12-16)28-4/h6-12,14H,13H2,1-5H3. The lowest BCUT2D eigenvalue weighted by Gasteiger charge is -2.26. The van der Waals surface area contributed by atoms with Crippen molar-refractivity contribution >= 4 is 5.91 Å². The number of rotatable bonds is 8. The van der Waals surface area contributed by atoms with Crippen LogP contribution in [0.2, 0.25) is 0 Å². The van der Waals surface area contributed by atoms with Gasteiger partial charge in [-0.2, -0.15) is 4.98 Å². The van der Waals surface area contributed by atoms with E-state index in [-0.39, 0.29) is 18.5 Å². The molecule has 158 valence electrons. The van der Waals surface area contributed by atoms with Crippen molar-refractivity contribution in [2.45, 2.75) is 26.4 Å². The molecule has 3 aromatic rings. The molecule has 0 bridgehead atoms. The van der Waals surface area contributed by atoms with E-state index in [4.69, 9.17) is 18.7 Å². The van der Waals surface area contributed by atoms with E-state index in [2.05, 4.69) is 10.1 Å². The summed E-state index contributed by atoms with van der Waals surface area (Å²) in [6, 6.07) is 12.7. The molecule has 2 aromatic carbocycles. The summed E-state index contributed by atoms with van der Waals surface area (Å²) in [6.07, 6.45) is 0. The van der Waals surface area contributed by atoms with Crippen LogP contribution in [0.25, 0.3) is 11.4 Å². The third kappa shape index (κ3) is 4.37. The van der Waals surface area contributed by atoms with Crippen LogP contribution in [-0.4, -0.2) is 48.3 Å². The molecule has 0 fully saturated rings. The van der Waals surface area contributed by atoms with Crippen molar-refractivity contribution in [3.05, 3.63) is 53.9 Å². The maximum absolute atomic E-state index is 13.3. The molecule has 0 radical (unpaired) electrons. The van der Waals surface area contributed by atoms with Crippen LogP contribution in [0.3, 0.4) is 0 Å². The van der Waals surface area contributed by atoms with Crippen LogP contribution in [0.15, 0.2) is 47.0 Å². The lowest BCUT2D eigenvalue weighted by Crippen LogP contribution is -2.36. The Hall–Kier alpha value is -3.55. The van der Waals surface area contributed by atoms with E-state index in [0.29, 0.717) is 34.5 Å². The quantitative estimate of drug-likeness (QED) is 0.557. The number of benzene rings is 2.